The Labute approximate surface area is 133 Å². The van der Waals surface area contributed by atoms with E-state index in [9.17, 15) is 13.2 Å². The Bertz CT molecular complexity index is 985. The van der Waals surface area contributed by atoms with Gasteiger partial charge >= 0.3 is 5.69 Å². The first-order valence-corrected chi connectivity index (χ1v) is 8.70. The van der Waals surface area contributed by atoms with E-state index in [-0.39, 0.29) is 17.1 Å². The van der Waals surface area contributed by atoms with E-state index in [4.69, 9.17) is 0 Å². The second-order valence-corrected chi connectivity index (χ2v) is 7.19. The van der Waals surface area contributed by atoms with Gasteiger partial charge in [-0.3, -0.25) is 0 Å². The molecular formula is C16H17N3O3S. The molecule has 23 heavy (non-hydrogen) atoms. The molecular weight excluding hydrogens is 314 g/mol. The lowest BCUT2D eigenvalue weighted by molar-refractivity contribution is 0.581. The van der Waals surface area contributed by atoms with Crippen LogP contribution in [0.5, 0.6) is 0 Å². The fourth-order valence-electron chi connectivity index (χ4n) is 2.37. The normalized spacial score (nSPS) is 11.9. The minimum Gasteiger partial charge on any atom is -0.306 e. The Balaban J connectivity index is 1.67. The lowest BCUT2D eigenvalue weighted by Gasteiger charge is -2.07. The van der Waals surface area contributed by atoms with Crippen LogP contribution >= 0.6 is 0 Å². The monoisotopic (exact) mass is 331 g/mol. The molecule has 7 heteroatoms. The van der Waals surface area contributed by atoms with E-state index in [0.717, 1.165) is 16.6 Å². The smallest absolute Gasteiger partial charge is 0.306 e. The highest BCUT2D eigenvalue weighted by molar-refractivity contribution is 7.89. The Morgan fingerprint density at radius 2 is 1.70 bits per heavy atom. The molecule has 1 heterocycles. The van der Waals surface area contributed by atoms with E-state index in [1.54, 1.807) is 30.3 Å². The van der Waals surface area contributed by atoms with Gasteiger partial charge in [-0.2, -0.15) is 0 Å². The summed E-state index contributed by atoms with van der Waals surface area (Å²) in [6.07, 6.45) is 0.536. The van der Waals surface area contributed by atoms with Crippen molar-refractivity contribution in [3.05, 3.63) is 64.1 Å². The number of rotatable bonds is 5. The van der Waals surface area contributed by atoms with Gasteiger partial charge in [0.15, 0.2) is 0 Å². The quantitative estimate of drug-likeness (QED) is 0.664. The van der Waals surface area contributed by atoms with Gasteiger partial charge in [-0.25, -0.2) is 17.9 Å². The molecule has 3 rings (SSSR count). The van der Waals surface area contributed by atoms with Crippen LogP contribution in [0.15, 0.2) is 52.2 Å². The lowest BCUT2D eigenvalue weighted by atomic mass is 10.1. The number of H-pyrrole nitrogens is 2. The molecule has 0 saturated carbocycles. The summed E-state index contributed by atoms with van der Waals surface area (Å²) in [4.78, 5) is 16.8. The topological polar surface area (TPSA) is 94.8 Å². The zero-order valence-electron chi connectivity index (χ0n) is 12.6. The molecule has 6 nitrogen and oxygen atoms in total. The molecule has 0 radical (unpaired) electrons. The number of hydrogen-bond acceptors (Lipinski definition) is 3. The van der Waals surface area contributed by atoms with Crippen LogP contribution in [0.4, 0.5) is 0 Å². The van der Waals surface area contributed by atoms with Crippen molar-refractivity contribution in [3.63, 3.8) is 0 Å². The van der Waals surface area contributed by atoms with Crippen molar-refractivity contribution in [2.45, 2.75) is 18.2 Å². The summed E-state index contributed by atoms with van der Waals surface area (Å²) >= 11 is 0. The summed E-state index contributed by atoms with van der Waals surface area (Å²) in [5.74, 6) is 0. The van der Waals surface area contributed by atoms with E-state index in [1.165, 1.54) is 0 Å². The number of aromatic nitrogens is 2. The third-order valence-electron chi connectivity index (χ3n) is 3.62. The molecule has 0 fully saturated rings. The highest BCUT2D eigenvalue weighted by atomic mass is 32.2. The first-order chi connectivity index (χ1) is 10.9. The third-order valence-corrected chi connectivity index (χ3v) is 5.09. The number of imidazole rings is 1. The standard InChI is InChI=1S/C16H17N3O3S/c1-11-2-5-13(6-3-11)23(21,22)17-9-8-12-4-7-14-15(10-12)19-16(20)18-14/h2-7,10,17H,8-9H2,1H3,(H2,18,19,20). The lowest BCUT2D eigenvalue weighted by Crippen LogP contribution is -2.25. The third kappa shape index (κ3) is 3.52. The van der Waals surface area contributed by atoms with Crippen molar-refractivity contribution in [1.82, 2.24) is 14.7 Å². The van der Waals surface area contributed by atoms with Crippen LogP contribution in [0.25, 0.3) is 11.0 Å². The van der Waals surface area contributed by atoms with Crippen LogP contribution in [0.1, 0.15) is 11.1 Å². The molecule has 120 valence electrons. The Morgan fingerprint density at radius 1 is 1.00 bits per heavy atom. The zero-order valence-corrected chi connectivity index (χ0v) is 13.4. The van der Waals surface area contributed by atoms with E-state index in [2.05, 4.69) is 14.7 Å². The van der Waals surface area contributed by atoms with Crippen molar-refractivity contribution < 1.29 is 8.42 Å². The predicted octanol–water partition coefficient (Wildman–Crippen LogP) is 1.69. The Hall–Kier alpha value is -2.38. The maximum absolute atomic E-state index is 12.2. The van der Waals surface area contributed by atoms with Crippen LogP contribution in [0.3, 0.4) is 0 Å². The van der Waals surface area contributed by atoms with Crippen LogP contribution in [0.2, 0.25) is 0 Å². The zero-order chi connectivity index (χ0) is 16.4. The van der Waals surface area contributed by atoms with Crippen LogP contribution < -0.4 is 10.4 Å². The van der Waals surface area contributed by atoms with Crippen LogP contribution in [-0.2, 0) is 16.4 Å². The van der Waals surface area contributed by atoms with Gasteiger partial charge in [-0.05, 0) is 43.2 Å². The van der Waals surface area contributed by atoms with Gasteiger partial charge in [0.05, 0.1) is 15.9 Å². The number of aromatic amines is 2. The van der Waals surface area contributed by atoms with Crippen molar-refractivity contribution in [1.29, 1.82) is 0 Å². The highest BCUT2D eigenvalue weighted by Gasteiger charge is 2.12. The maximum atomic E-state index is 12.2. The van der Waals surface area contributed by atoms with Crippen LogP contribution in [-0.4, -0.2) is 24.9 Å². The average molecular weight is 331 g/mol. The molecule has 0 aliphatic heterocycles. The van der Waals surface area contributed by atoms with Crippen molar-refractivity contribution in [2.75, 3.05) is 6.54 Å². The molecule has 2 aromatic carbocycles. The number of benzene rings is 2. The van der Waals surface area contributed by atoms with Gasteiger partial charge in [-0.15, -0.1) is 0 Å². The molecule has 1 aromatic heterocycles. The summed E-state index contributed by atoms with van der Waals surface area (Å²) in [5, 5.41) is 0. The fourth-order valence-corrected chi connectivity index (χ4v) is 3.40. The molecule has 0 aliphatic rings. The largest absolute Gasteiger partial charge is 0.323 e. The average Bonchev–Trinajstić information content (AvgIpc) is 2.87. The second-order valence-electron chi connectivity index (χ2n) is 5.42. The Kier molecular flexibility index (Phi) is 4.06. The first kappa shape index (κ1) is 15.5. The van der Waals surface area contributed by atoms with Gasteiger partial charge in [-0.1, -0.05) is 23.8 Å². The molecule has 0 bridgehead atoms. The Morgan fingerprint density at radius 3 is 2.43 bits per heavy atom. The minimum absolute atomic E-state index is 0.253. The molecule has 0 unspecified atom stereocenters. The highest BCUT2D eigenvalue weighted by Crippen LogP contribution is 2.12. The summed E-state index contributed by atoms with van der Waals surface area (Å²) in [5.41, 5.74) is 3.15. The number of nitrogens with one attached hydrogen (secondary N) is 3. The molecule has 3 aromatic rings. The maximum Gasteiger partial charge on any atom is 0.323 e. The van der Waals surface area contributed by atoms with Crippen LogP contribution in [0, 0.1) is 6.92 Å². The van der Waals surface area contributed by atoms with Crippen molar-refractivity contribution in [3.8, 4) is 0 Å². The number of aryl methyl sites for hydroxylation is 1. The van der Waals surface area contributed by atoms with Gasteiger partial charge < -0.3 is 9.97 Å². The first-order valence-electron chi connectivity index (χ1n) is 7.21. The van der Waals surface area contributed by atoms with Gasteiger partial charge in [0, 0.05) is 6.54 Å². The summed E-state index contributed by atoms with van der Waals surface area (Å²) in [6.45, 7) is 2.20. The molecule has 3 N–H and O–H groups in total. The molecule has 0 atom stereocenters. The van der Waals surface area contributed by atoms with Gasteiger partial charge in [0.1, 0.15) is 0 Å². The van der Waals surface area contributed by atoms with Crippen molar-refractivity contribution in [2.24, 2.45) is 0 Å². The summed E-state index contributed by atoms with van der Waals surface area (Å²) in [6, 6.07) is 12.2. The van der Waals surface area contributed by atoms with E-state index in [1.807, 2.05) is 19.1 Å². The van der Waals surface area contributed by atoms with E-state index < -0.39 is 10.0 Å². The number of sulfonamides is 1. The fraction of sp³-hybridized carbons (Fsp3) is 0.188. The summed E-state index contributed by atoms with van der Waals surface area (Å²) in [7, 11) is -3.50. The second kappa shape index (κ2) is 6.02. The van der Waals surface area contributed by atoms with E-state index >= 15 is 0 Å². The SMILES string of the molecule is Cc1ccc(S(=O)(=O)NCCc2ccc3[nH]c(=O)[nH]c3c2)cc1. The molecule has 0 amide bonds. The molecule has 0 saturated heterocycles. The van der Waals surface area contributed by atoms with E-state index in [0.29, 0.717) is 11.9 Å². The van der Waals surface area contributed by atoms with Crippen molar-refractivity contribution >= 4 is 21.1 Å². The van der Waals surface area contributed by atoms with Gasteiger partial charge in [0.2, 0.25) is 10.0 Å². The number of fused-ring (bicyclic) bond motifs is 1. The number of hydrogen-bond donors (Lipinski definition) is 3. The predicted molar refractivity (Wildman–Crippen MR) is 89.0 cm³/mol. The molecule has 0 aliphatic carbocycles. The minimum atomic E-state index is -3.50. The van der Waals surface area contributed by atoms with Gasteiger partial charge in [0.25, 0.3) is 0 Å². The molecule has 0 spiro atoms. The summed E-state index contributed by atoms with van der Waals surface area (Å²) < 4.78 is 27.0.